The molecule has 3 N–H and O–H groups in total. The van der Waals surface area contributed by atoms with E-state index in [0.717, 1.165) is 5.56 Å². The van der Waals surface area contributed by atoms with Crippen molar-refractivity contribution >= 4 is 18.6 Å². The summed E-state index contributed by atoms with van der Waals surface area (Å²) in [5.41, 5.74) is 1.04. The van der Waals surface area contributed by atoms with E-state index in [1.807, 2.05) is 30.3 Å². The SMILES string of the molecule is O=C(O)c1ccc(B(O)O)cc1OCc1ccccc1. The zero-order chi connectivity index (χ0) is 14.5. The third-order valence-electron chi connectivity index (χ3n) is 2.77. The number of carboxylic acid groups (broad SMARTS) is 1. The minimum atomic E-state index is -1.67. The van der Waals surface area contributed by atoms with Gasteiger partial charge in [-0.05, 0) is 23.2 Å². The van der Waals surface area contributed by atoms with Crippen molar-refractivity contribution in [2.75, 3.05) is 0 Å². The fraction of sp³-hybridized carbons (Fsp3) is 0.0714. The summed E-state index contributed by atoms with van der Waals surface area (Å²) in [7, 11) is -1.67. The van der Waals surface area contributed by atoms with Crippen LogP contribution in [0.25, 0.3) is 0 Å². The minimum Gasteiger partial charge on any atom is -0.488 e. The number of carboxylic acids is 1. The number of rotatable bonds is 5. The van der Waals surface area contributed by atoms with Crippen LogP contribution in [0.2, 0.25) is 0 Å². The van der Waals surface area contributed by atoms with E-state index in [-0.39, 0.29) is 23.4 Å². The lowest BCUT2D eigenvalue weighted by molar-refractivity contribution is 0.0691. The molecule has 0 spiro atoms. The van der Waals surface area contributed by atoms with E-state index in [0.29, 0.717) is 0 Å². The Labute approximate surface area is 116 Å². The van der Waals surface area contributed by atoms with E-state index < -0.39 is 13.1 Å². The van der Waals surface area contributed by atoms with Gasteiger partial charge in [0.1, 0.15) is 17.9 Å². The molecule has 0 unspecified atom stereocenters. The number of aromatic carboxylic acids is 1. The van der Waals surface area contributed by atoms with Crippen molar-refractivity contribution in [2.24, 2.45) is 0 Å². The highest BCUT2D eigenvalue weighted by Crippen LogP contribution is 2.18. The molecular formula is C14H13BO5. The normalized spacial score (nSPS) is 10.1. The molecule has 0 aliphatic carbocycles. The molecule has 0 radical (unpaired) electrons. The molecule has 0 heterocycles. The lowest BCUT2D eigenvalue weighted by atomic mass is 9.80. The second-order valence-electron chi connectivity index (χ2n) is 4.21. The maximum atomic E-state index is 11.1. The maximum Gasteiger partial charge on any atom is 0.488 e. The Bertz CT molecular complexity index is 598. The summed E-state index contributed by atoms with van der Waals surface area (Å²) >= 11 is 0. The van der Waals surface area contributed by atoms with Crippen molar-refractivity contribution in [3.8, 4) is 5.75 Å². The number of benzene rings is 2. The molecule has 5 nitrogen and oxygen atoms in total. The standard InChI is InChI=1S/C14H13BO5/c16-14(17)12-7-6-11(15(18)19)8-13(12)20-9-10-4-2-1-3-5-10/h1-8,18-19H,9H2,(H,16,17). The molecule has 102 valence electrons. The van der Waals surface area contributed by atoms with Crippen molar-refractivity contribution < 1.29 is 24.7 Å². The van der Waals surface area contributed by atoms with Crippen molar-refractivity contribution in [3.63, 3.8) is 0 Å². The predicted molar refractivity (Wildman–Crippen MR) is 74.0 cm³/mol. The van der Waals surface area contributed by atoms with Gasteiger partial charge in [-0.25, -0.2) is 4.79 Å². The smallest absolute Gasteiger partial charge is 0.488 e. The van der Waals surface area contributed by atoms with Crippen LogP contribution in [-0.4, -0.2) is 28.2 Å². The molecule has 0 fully saturated rings. The van der Waals surface area contributed by atoms with E-state index in [1.54, 1.807) is 0 Å². The molecule has 0 atom stereocenters. The molecule has 0 amide bonds. The Morgan fingerprint density at radius 3 is 2.40 bits per heavy atom. The topological polar surface area (TPSA) is 87.0 Å². The number of carbonyl (C=O) groups is 1. The second-order valence-corrected chi connectivity index (χ2v) is 4.21. The van der Waals surface area contributed by atoms with E-state index in [4.69, 9.17) is 19.9 Å². The molecule has 2 aromatic rings. The van der Waals surface area contributed by atoms with Crippen molar-refractivity contribution in [1.82, 2.24) is 0 Å². The van der Waals surface area contributed by atoms with E-state index in [1.165, 1.54) is 18.2 Å². The molecule has 2 rings (SSSR count). The van der Waals surface area contributed by atoms with Crippen LogP contribution < -0.4 is 10.2 Å². The summed E-state index contributed by atoms with van der Waals surface area (Å²) < 4.78 is 5.47. The first-order valence-corrected chi connectivity index (χ1v) is 5.98. The van der Waals surface area contributed by atoms with Crippen LogP contribution in [0.3, 0.4) is 0 Å². The number of hydrogen-bond acceptors (Lipinski definition) is 4. The van der Waals surface area contributed by atoms with Gasteiger partial charge in [-0.15, -0.1) is 0 Å². The quantitative estimate of drug-likeness (QED) is 0.695. The fourth-order valence-corrected chi connectivity index (χ4v) is 1.73. The van der Waals surface area contributed by atoms with Crippen LogP contribution in [-0.2, 0) is 6.61 Å². The van der Waals surface area contributed by atoms with Gasteiger partial charge >= 0.3 is 13.1 Å². The van der Waals surface area contributed by atoms with E-state index in [2.05, 4.69) is 0 Å². The van der Waals surface area contributed by atoms with Gasteiger partial charge in [-0.1, -0.05) is 36.4 Å². The van der Waals surface area contributed by atoms with Gasteiger partial charge in [0.15, 0.2) is 0 Å². The van der Waals surface area contributed by atoms with Gasteiger partial charge in [0.2, 0.25) is 0 Å². The van der Waals surface area contributed by atoms with Gasteiger partial charge in [0, 0.05) is 0 Å². The van der Waals surface area contributed by atoms with Crippen LogP contribution >= 0.6 is 0 Å². The average molecular weight is 272 g/mol. The van der Waals surface area contributed by atoms with Gasteiger partial charge in [-0.3, -0.25) is 0 Å². The van der Waals surface area contributed by atoms with Crippen LogP contribution in [0.15, 0.2) is 48.5 Å². The predicted octanol–water partition coefficient (Wildman–Crippen LogP) is 0.644. The summed E-state index contributed by atoms with van der Waals surface area (Å²) in [4.78, 5) is 11.1. The molecular weight excluding hydrogens is 259 g/mol. The van der Waals surface area contributed by atoms with Crippen molar-refractivity contribution in [2.45, 2.75) is 6.61 Å². The van der Waals surface area contributed by atoms with E-state index in [9.17, 15) is 4.79 Å². The maximum absolute atomic E-state index is 11.1. The lowest BCUT2D eigenvalue weighted by Gasteiger charge is -2.11. The Balaban J connectivity index is 2.24. The molecule has 0 saturated heterocycles. The highest BCUT2D eigenvalue weighted by Gasteiger charge is 2.17. The molecule has 0 saturated carbocycles. The Morgan fingerprint density at radius 1 is 1.10 bits per heavy atom. The largest absolute Gasteiger partial charge is 0.488 e. The molecule has 0 bridgehead atoms. The molecule has 20 heavy (non-hydrogen) atoms. The Kier molecular flexibility index (Phi) is 4.39. The van der Waals surface area contributed by atoms with Crippen LogP contribution in [0.4, 0.5) is 0 Å². The lowest BCUT2D eigenvalue weighted by Crippen LogP contribution is -2.30. The van der Waals surface area contributed by atoms with Gasteiger partial charge in [0.25, 0.3) is 0 Å². The van der Waals surface area contributed by atoms with Crippen molar-refractivity contribution in [1.29, 1.82) is 0 Å². The molecule has 0 aliphatic rings. The van der Waals surface area contributed by atoms with Gasteiger partial charge in [-0.2, -0.15) is 0 Å². The summed E-state index contributed by atoms with van der Waals surface area (Å²) in [6, 6.07) is 13.2. The first-order chi connectivity index (χ1) is 9.58. The Morgan fingerprint density at radius 2 is 1.80 bits per heavy atom. The second kappa shape index (κ2) is 6.23. The molecule has 0 aromatic heterocycles. The van der Waals surface area contributed by atoms with Crippen LogP contribution in [0.5, 0.6) is 5.75 Å². The van der Waals surface area contributed by atoms with Gasteiger partial charge in [0.05, 0.1) is 0 Å². The molecule has 0 aliphatic heterocycles. The molecule has 6 heteroatoms. The first-order valence-electron chi connectivity index (χ1n) is 5.98. The molecule has 2 aromatic carbocycles. The zero-order valence-corrected chi connectivity index (χ0v) is 10.6. The highest BCUT2D eigenvalue weighted by molar-refractivity contribution is 6.58. The highest BCUT2D eigenvalue weighted by atomic mass is 16.5. The summed E-state index contributed by atoms with van der Waals surface area (Å²) in [5, 5.41) is 27.3. The summed E-state index contributed by atoms with van der Waals surface area (Å²) in [5.74, 6) is -1.03. The zero-order valence-electron chi connectivity index (χ0n) is 10.6. The summed E-state index contributed by atoms with van der Waals surface area (Å²) in [6.07, 6.45) is 0. The average Bonchev–Trinajstić information content (AvgIpc) is 2.45. The first kappa shape index (κ1) is 14.1. The van der Waals surface area contributed by atoms with E-state index >= 15 is 0 Å². The monoisotopic (exact) mass is 272 g/mol. The van der Waals surface area contributed by atoms with Crippen molar-refractivity contribution in [3.05, 3.63) is 59.7 Å². The Hall–Kier alpha value is -2.31. The third kappa shape index (κ3) is 3.37. The minimum absolute atomic E-state index is 0.0228. The summed E-state index contributed by atoms with van der Waals surface area (Å²) in [6.45, 7) is 0.200. The third-order valence-corrected chi connectivity index (χ3v) is 2.77. The van der Waals surface area contributed by atoms with Gasteiger partial charge < -0.3 is 19.9 Å². The number of ether oxygens (including phenoxy) is 1. The fourth-order valence-electron chi connectivity index (χ4n) is 1.73. The number of hydrogen-bond donors (Lipinski definition) is 3. The van der Waals surface area contributed by atoms with Crippen LogP contribution in [0.1, 0.15) is 15.9 Å². The van der Waals surface area contributed by atoms with Crippen LogP contribution in [0, 0.1) is 0 Å².